The SMILES string of the molecule is N/N=C(\NN)c1c(-c2cccc3[nH]c(=O)[nH]c23)ccc(S(=O)(=O)C2CNC2)c1S(N)(=O)=O. The minimum atomic E-state index is -4.62. The number of sulfone groups is 1. The van der Waals surface area contributed by atoms with E-state index < -0.39 is 40.6 Å². The van der Waals surface area contributed by atoms with Gasteiger partial charge in [-0.3, -0.25) is 0 Å². The molecule has 10 N–H and O–H groups in total. The summed E-state index contributed by atoms with van der Waals surface area (Å²) < 4.78 is 51.7. The number of aromatic amines is 2. The number of hydrazine groups is 1. The number of hydrazone groups is 1. The summed E-state index contributed by atoms with van der Waals surface area (Å²) in [4.78, 5) is 15.9. The van der Waals surface area contributed by atoms with Gasteiger partial charge in [-0.25, -0.2) is 32.6 Å². The standard InChI is InChI=1S/C17H20N8O5S2/c18-24-16(25-19)13-9(10-2-1-3-11-14(10)23-17(26)22-11)4-5-12(15(13)32(20,29)30)31(27,28)8-6-21-7-8/h1-5,8,21H,6-7,18-19H2,(H,24,25)(H2,20,29,30)(H2,22,23,26). The Morgan fingerprint density at radius 2 is 1.78 bits per heavy atom. The van der Waals surface area contributed by atoms with Crippen LogP contribution in [0.4, 0.5) is 0 Å². The second kappa shape index (κ2) is 7.72. The number of nitrogens with one attached hydrogen (secondary N) is 4. The molecule has 2 heterocycles. The van der Waals surface area contributed by atoms with Crippen LogP contribution in [-0.2, 0) is 19.9 Å². The largest absolute Gasteiger partial charge is 0.323 e. The third-order valence-corrected chi connectivity index (χ3v) is 8.53. The number of nitrogens with zero attached hydrogens (tertiary/aromatic N) is 1. The molecule has 0 radical (unpaired) electrons. The fourth-order valence-corrected chi connectivity index (χ4v) is 6.84. The van der Waals surface area contributed by atoms with E-state index in [-0.39, 0.29) is 30.1 Å². The Hall–Kier alpha value is -3.24. The number of nitrogens with two attached hydrogens (primary N) is 3. The van der Waals surface area contributed by atoms with Crippen LogP contribution < -0.4 is 33.3 Å². The maximum Gasteiger partial charge on any atom is 0.323 e. The summed E-state index contributed by atoms with van der Waals surface area (Å²) in [6, 6.07) is 7.43. The number of primary sulfonamides is 1. The van der Waals surface area contributed by atoms with Gasteiger partial charge in [-0.2, -0.15) is 5.10 Å². The fourth-order valence-electron chi connectivity index (χ4n) is 3.65. The van der Waals surface area contributed by atoms with Crippen LogP contribution in [0.5, 0.6) is 0 Å². The highest BCUT2D eigenvalue weighted by Gasteiger charge is 2.38. The highest BCUT2D eigenvalue weighted by atomic mass is 32.2. The molecule has 0 amide bonds. The summed E-state index contributed by atoms with van der Waals surface area (Å²) in [6.07, 6.45) is 0. The monoisotopic (exact) mass is 480 g/mol. The first-order chi connectivity index (χ1) is 15.1. The molecule has 4 rings (SSSR count). The number of hydrogen-bond acceptors (Lipinski definition) is 9. The molecular weight excluding hydrogens is 460 g/mol. The average molecular weight is 481 g/mol. The number of aromatic nitrogens is 2. The second-order valence-electron chi connectivity index (χ2n) is 7.11. The molecule has 0 saturated carbocycles. The number of sulfonamides is 1. The average Bonchev–Trinajstić information content (AvgIpc) is 3.06. The quantitative estimate of drug-likeness (QED) is 0.0924. The van der Waals surface area contributed by atoms with Gasteiger partial charge in [0.1, 0.15) is 4.90 Å². The molecule has 0 aliphatic carbocycles. The smallest absolute Gasteiger partial charge is 0.321 e. The van der Waals surface area contributed by atoms with Crippen molar-refractivity contribution in [3.63, 3.8) is 0 Å². The Morgan fingerprint density at radius 3 is 2.34 bits per heavy atom. The topological polar surface area (TPSA) is 231 Å². The van der Waals surface area contributed by atoms with Crippen LogP contribution in [0.15, 0.2) is 50.0 Å². The molecule has 32 heavy (non-hydrogen) atoms. The summed E-state index contributed by atoms with van der Waals surface area (Å²) >= 11 is 0. The molecule has 15 heteroatoms. The number of rotatable bonds is 5. The van der Waals surface area contributed by atoms with E-state index in [1.807, 2.05) is 0 Å². The second-order valence-corrected chi connectivity index (χ2v) is 10.8. The number of H-pyrrole nitrogens is 2. The van der Waals surface area contributed by atoms with Gasteiger partial charge in [-0.1, -0.05) is 18.2 Å². The molecule has 2 aromatic carbocycles. The van der Waals surface area contributed by atoms with Crippen LogP contribution in [0.3, 0.4) is 0 Å². The zero-order valence-corrected chi connectivity index (χ0v) is 18.0. The van der Waals surface area contributed by atoms with E-state index in [2.05, 4.69) is 25.8 Å². The minimum Gasteiger partial charge on any atom is -0.321 e. The van der Waals surface area contributed by atoms with E-state index in [0.717, 1.165) is 0 Å². The van der Waals surface area contributed by atoms with Crippen molar-refractivity contribution in [2.45, 2.75) is 15.0 Å². The van der Waals surface area contributed by atoms with Crippen molar-refractivity contribution in [3.8, 4) is 11.1 Å². The summed E-state index contributed by atoms with van der Waals surface area (Å²) in [7, 11) is -8.70. The third-order valence-electron chi connectivity index (χ3n) is 5.24. The van der Waals surface area contributed by atoms with Gasteiger partial charge < -0.3 is 26.6 Å². The molecular formula is C17H20N8O5S2. The molecule has 0 spiro atoms. The Balaban J connectivity index is 2.16. The van der Waals surface area contributed by atoms with Crippen molar-refractivity contribution in [1.29, 1.82) is 0 Å². The predicted octanol–water partition coefficient (Wildman–Crippen LogP) is -2.00. The van der Waals surface area contributed by atoms with E-state index in [0.29, 0.717) is 16.6 Å². The zero-order valence-electron chi connectivity index (χ0n) is 16.4. The molecule has 1 aliphatic rings. The molecule has 1 saturated heterocycles. The molecule has 170 valence electrons. The van der Waals surface area contributed by atoms with Gasteiger partial charge >= 0.3 is 5.69 Å². The van der Waals surface area contributed by atoms with Crippen LogP contribution in [0.1, 0.15) is 5.56 Å². The zero-order chi connectivity index (χ0) is 23.3. The molecule has 1 fully saturated rings. The fraction of sp³-hybridized carbons (Fsp3) is 0.176. The first-order valence-corrected chi connectivity index (χ1v) is 12.3. The van der Waals surface area contributed by atoms with Crippen molar-refractivity contribution >= 4 is 36.7 Å². The normalized spacial score (nSPS) is 15.6. The molecule has 3 aromatic rings. The molecule has 0 unspecified atom stereocenters. The van der Waals surface area contributed by atoms with Crippen LogP contribution in [0.25, 0.3) is 22.2 Å². The van der Waals surface area contributed by atoms with Gasteiger partial charge in [0.05, 0.1) is 21.2 Å². The van der Waals surface area contributed by atoms with Crippen molar-refractivity contribution in [2.24, 2.45) is 21.9 Å². The van der Waals surface area contributed by atoms with Gasteiger partial charge in [0.25, 0.3) is 0 Å². The van der Waals surface area contributed by atoms with Crippen molar-refractivity contribution in [1.82, 2.24) is 20.7 Å². The van der Waals surface area contributed by atoms with Crippen molar-refractivity contribution < 1.29 is 16.8 Å². The highest BCUT2D eigenvalue weighted by molar-refractivity contribution is 7.94. The molecule has 0 bridgehead atoms. The molecule has 1 aromatic heterocycles. The number of amidine groups is 1. The van der Waals surface area contributed by atoms with Crippen molar-refractivity contribution in [2.75, 3.05) is 13.1 Å². The predicted molar refractivity (Wildman–Crippen MR) is 118 cm³/mol. The Bertz CT molecular complexity index is 1520. The molecule has 0 atom stereocenters. The van der Waals surface area contributed by atoms with Crippen LogP contribution in [0.2, 0.25) is 0 Å². The maximum atomic E-state index is 13.2. The lowest BCUT2D eigenvalue weighted by Crippen LogP contribution is -2.51. The lowest BCUT2D eigenvalue weighted by Gasteiger charge is -2.28. The number of imidazole rings is 1. The van der Waals surface area contributed by atoms with Gasteiger partial charge in [0.2, 0.25) is 10.0 Å². The van der Waals surface area contributed by atoms with Crippen LogP contribution in [0, 0.1) is 0 Å². The van der Waals surface area contributed by atoms with Gasteiger partial charge in [-0.05, 0) is 17.7 Å². The first-order valence-electron chi connectivity index (χ1n) is 9.20. The highest BCUT2D eigenvalue weighted by Crippen LogP contribution is 2.37. The Labute approximate surface area is 182 Å². The number of para-hydroxylation sites is 1. The van der Waals surface area contributed by atoms with Gasteiger partial charge in [0.15, 0.2) is 15.7 Å². The van der Waals surface area contributed by atoms with Crippen LogP contribution >= 0.6 is 0 Å². The number of benzene rings is 2. The van der Waals surface area contributed by atoms with Crippen LogP contribution in [-0.4, -0.2) is 51.0 Å². The lowest BCUT2D eigenvalue weighted by molar-refractivity contribution is 0.493. The summed E-state index contributed by atoms with van der Waals surface area (Å²) in [5, 5.41) is 11.0. The number of hydrogen-bond donors (Lipinski definition) is 7. The van der Waals surface area contributed by atoms with E-state index in [4.69, 9.17) is 16.8 Å². The maximum absolute atomic E-state index is 13.2. The molecule has 1 aliphatic heterocycles. The Morgan fingerprint density at radius 1 is 1.06 bits per heavy atom. The van der Waals surface area contributed by atoms with E-state index in [1.165, 1.54) is 12.1 Å². The van der Waals surface area contributed by atoms with E-state index in [1.54, 1.807) is 18.2 Å². The van der Waals surface area contributed by atoms with Gasteiger partial charge in [-0.15, -0.1) is 0 Å². The number of fused-ring (bicyclic) bond motifs is 1. The van der Waals surface area contributed by atoms with E-state index >= 15 is 0 Å². The summed E-state index contributed by atoms with van der Waals surface area (Å²) in [6.45, 7) is 0.334. The summed E-state index contributed by atoms with van der Waals surface area (Å²) in [5.41, 5.74) is 2.83. The lowest BCUT2D eigenvalue weighted by atomic mass is 9.97. The third kappa shape index (κ3) is 3.45. The van der Waals surface area contributed by atoms with Crippen molar-refractivity contribution in [3.05, 3.63) is 46.4 Å². The molecule has 13 nitrogen and oxygen atoms in total. The first kappa shape index (κ1) is 22.0. The Kier molecular flexibility index (Phi) is 5.30. The van der Waals surface area contributed by atoms with E-state index in [9.17, 15) is 21.6 Å². The van der Waals surface area contributed by atoms with Gasteiger partial charge in [0, 0.05) is 24.2 Å². The summed E-state index contributed by atoms with van der Waals surface area (Å²) in [5.74, 6) is 10.6. The minimum absolute atomic E-state index is 0.167.